The van der Waals surface area contributed by atoms with Gasteiger partial charge >= 0.3 is 0 Å². The molecular weight excluding hydrogens is 336 g/mol. The summed E-state index contributed by atoms with van der Waals surface area (Å²) in [4.78, 5) is 12.2. The Balaban J connectivity index is 2.08. The Bertz CT molecular complexity index is 804. The van der Waals surface area contributed by atoms with E-state index in [1.807, 2.05) is 6.92 Å². The summed E-state index contributed by atoms with van der Waals surface area (Å²) in [5.74, 6) is -0.492. The van der Waals surface area contributed by atoms with Crippen LogP contribution in [0.3, 0.4) is 0 Å². The van der Waals surface area contributed by atoms with E-state index in [4.69, 9.17) is 11.6 Å². The number of hydrogen-bond donors (Lipinski definition) is 2. The molecule has 0 aliphatic heterocycles. The Morgan fingerprint density at radius 3 is 2.30 bits per heavy atom. The Kier molecular flexibility index (Phi) is 5.41. The Hall–Kier alpha value is -1.89. The lowest BCUT2D eigenvalue weighted by Gasteiger charge is -2.15. The summed E-state index contributed by atoms with van der Waals surface area (Å²) in [6.07, 6.45) is 0. The van der Waals surface area contributed by atoms with Crippen molar-refractivity contribution >= 4 is 33.2 Å². The lowest BCUT2D eigenvalue weighted by atomic mass is 10.2. The Labute approximate surface area is 140 Å². The van der Waals surface area contributed by atoms with Crippen LogP contribution in [0.1, 0.15) is 12.5 Å². The lowest BCUT2D eigenvalue weighted by molar-refractivity contribution is -0.117. The summed E-state index contributed by atoms with van der Waals surface area (Å²) in [5, 5.41) is 2.98. The van der Waals surface area contributed by atoms with Crippen molar-refractivity contribution in [2.75, 3.05) is 5.32 Å². The molecule has 2 aromatic carbocycles. The molecule has 122 valence electrons. The molecule has 0 saturated heterocycles. The van der Waals surface area contributed by atoms with Gasteiger partial charge in [-0.05, 0) is 38.1 Å². The van der Waals surface area contributed by atoms with Gasteiger partial charge in [0.1, 0.15) is 0 Å². The lowest BCUT2D eigenvalue weighted by Crippen LogP contribution is -2.41. The van der Waals surface area contributed by atoms with Gasteiger partial charge in [-0.2, -0.15) is 4.72 Å². The maximum Gasteiger partial charge on any atom is 0.242 e. The van der Waals surface area contributed by atoms with Crippen LogP contribution in [0.4, 0.5) is 5.69 Å². The van der Waals surface area contributed by atoms with Crippen molar-refractivity contribution in [2.24, 2.45) is 0 Å². The van der Waals surface area contributed by atoms with Crippen molar-refractivity contribution in [1.29, 1.82) is 0 Å². The summed E-state index contributed by atoms with van der Waals surface area (Å²) in [6.45, 7) is 3.33. The summed E-state index contributed by atoms with van der Waals surface area (Å²) in [5.41, 5.74) is 1.38. The van der Waals surface area contributed by atoms with Crippen LogP contribution in [0.15, 0.2) is 53.4 Å². The summed E-state index contributed by atoms with van der Waals surface area (Å²) in [7, 11) is -3.77. The third-order valence-electron chi connectivity index (χ3n) is 3.19. The molecule has 1 atom stereocenters. The number of halogens is 1. The number of carbonyl (C=O) groups excluding carboxylic acids is 1. The molecule has 0 spiro atoms. The number of benzene rings is 2. The highest BCUT2D eigenvalue weighted by molar-refractivity contribution is 7.89. The average Bonchev–Trinajstić information content (AvgIpc) is 2.49. The molecule has 7 heteroatoms. The molecule has 0 heterocycles. The maximum absolute atomic E-state index is 12.3. The molecule has 0 aliphatic rings. The molecule has 2 N–H and O–H groups in total. The molecule has 5 nitrogen and oxygen atoms in total. The SMILES string of the molecule is Cc1ccc(S(=O)(=O)NC(C)C(=O)Nc2ccccc2Cl)cc1. The van der Waals surface area contributed by atoms with Crippen LogP contribution >= 0.6 is 11.6 Å². The molecule has 1 unspecified atom stereocenters. The van der Waals surface area contributed by atoms with Crippen molar-refractivity contribution in [3.63, 3.8) is 0 Å². The maximum atomic E-state index is 12.3. The van der Waals surface area contributed by atoms with E-state index < -0.39 is 22.0 Å². The standard InChI is InChI=1S/C16H17ClN2O3S/c1-11-7-9-13(10-8-11)23(21,22)19-12(2)16(20)18-15-6-4-3-5-14(15)17/h3-10,12,19H,1-2H3,(H,18,20). The number of rotatable bonds is 5. The number of para-hydroxylation sites is 1. The van der Waals surface area contributed by atoms with Crippen molar-refractivity contribution in [3.05, 3.63) is 59.1 Å². The van der Waals surface area contributed by atoms with Crippen LogP contribution in [0.2, 0.25) is 5.02 Å². The van der Waals surface area contributed by atoms with Crippen LogP contribution in [0.25, 0.3) is 0 Å². The molecule has 0 saturated carbocycles. The molecule has 0 aliphatic carbocycles. The molecule has 2 rings (SSSR count). The monoisotopic (exact) mass is 352 g/mol. The normalized spacial score (nSPS) is 12.7. The number of hydrogen-bond acceptors (Lipinski definition) is 3. The summed E-state index contributed by atoms with van der Waals surface area (Å²) in [6, 6.07) is 12.2. The highest BCUT2D eigenvalue weighted by Crippen LogP contribution is 2.20. The van der Waals surface area contributed by atoms with Gasteiger partial charge in [0.25, 0.3) is 0 Å². The predicted octanol–water partition coefficient (Wildman–Crippen LogP) is 2.95. The van der Waals surface area contributed by atoms with Crippen molar-refractivity contribution in [2.45, 2.75) is 24.8 Å². The predicted molar refractivity (Wildman–Crippen MR) is 91.0 cm³/mol. The second kappa shape index (κ2) is 7.12. The molecule has 1 amide bonds. The van der Waals surface area contributed by atoms with Crippen molar-refractivity contribution in [3.8, 4) is 0 Å². The van der Waals surface area contributed by atoms with Crippen LogP contribution in [-0.2, 0) is 14.8 Å². The first-order valence-electron chi connectivity index (χ1n) is 6.94. The zero-order valence-electron chi connectivity index (χ0n) is 12.7. The van der Waals surface area contributed by atoms with E-state index in [0.717, 1.165) is 5.56 Å². The largest absolute Gasteiger partial charge is 0.323 e. The molecule has 0 radical (unpaired) electrons. The van der Waals surface area contributed by atoms with Gasteiger partial charge in [0, 0.05) is 0 Å². The van der Waals surface area contributed by atoms with Crippen molar-refractivity contribution < 1.29 is 13.2 Å². The average molecular weight is 353 g/mol. The van der Waals surface area contributed by atoms with E-state index in [2.05, 4.69) is 10.0 Å². The van der Waals surface area contributed by atoms with Crippen LogP contribution in [0, 0.1) is 6.92 Å². The highest BCUT2D eigenvalue weighted by Gasteiger charge is 2.22. The van der Waals surface area contributed by atoms with E-state index in [9.17, 15) is 13.2 Å². The second-order valence-corrected chi connectivity index (χ2v) is 7.25. The van der Waals surface area contributed by atoms with Gasteiger partial charge in [0.05, 0.1) is 21.6 Å². The van der Waals surface area contributed by atoms with Gasteiger partial charge in [-0.25, -0.2) is 8.42 Å². The smallest absolute Gasteiger partial charge is 0.242 e. The van der Waals surface area contributed by atoms with E-state index in [-0.39, 0.29) is 4.90 Å². The first-order valence-corrected chi connectivity index (χ1v) is 8.80. The minimum atomic E-state index is -3.77. The van der Waals surface area contributed by atoms with Gasteiger partial charge in [-0.15, -0.1) is 0 Å². The fourth-order valence-electron chi connectivity index (χ4n) is 1.88. The molecule has 0 fully saturated rings. The molecular formula is C16H17ClN2O3S. The number of amides is 1. The quantitative estimate of drug-likeness (QED) is 0.868. The number of aryl methyl sites for hydroxylation is 1. The van der Waals surface area contributed by atoms with Crippen LogP contribution in [0.5, 0.6) is 0 Å². The molecule has 0 bridgehead atoms. The number of carbonyl (C=O) groups is 1. The minimum Gasteiger partial charge on any atom is -0.323 e. The van der Waals surface area contributed by atoms with Crippen molar-refractivity contribution in [1.82, 2.24) is 4.72 Å². The van der Waals surface area contributed by atoms with Crippen LogP contribution in [-0.4, -0.2) is 20.4 Å². The fourth-order valence-corrected chi connectivity index (χ4v) is 3.26. The van der Waals surface area contributed by atoms with Gasteiger partial charge in [-0.1, -0.05) is 41.4 Å². The van der Waals surface area contributed by atoms with Gasteiger partial charge in [0.2, 0.25) is 15.9 Å². The Morgan fingerprint density at radius 1 is 1.09 bits per heavy atom. The van der Waals surface area contributed by atoms with Gasteiger partial charge < -0.3 is 5.32 Å². The Morgan fingerprint density at radius 2 is 1.70 bits per heavy atom. The van der Waals surface area contributed by atoms with Gasteiger partial charge in [0.15, 0.2) is 0 Å². The minimum absolute atomic E-state index is 0.112. The van der Waals surface area contributed by atoms with E-state index >= 15 is 0 Å². The highest BCUT2D eigenvalue weighted by atomic mass is 35.5. The zero-order valence-corrected chi connectivity index (χ0v) is 14.3. The van der Waals surface area contributed by atoms with E-state index in [1.165, 1.54) is 19.1 Å². The molecule has 2 aromatic rings. The van der Waals surface area contributed by atoms with E-state index in [1.54, 1.807) is 36.4 Å². The third kappa shape index (κ3) is 4.54. The van der Waals surface area contributed by atoms with Crippen LogP contribution < -0.4 is 10.0 Å². The number of sulfonamides is 1. The topological polar surface area (TPSA) is 75.3 Å². The second-order valence-electron chi connectivity index (χ2n) is 5.13. The number of nitrogens with one attached hydrogen (secondary N) is 2. The van der Waals surface area contributed by atoms with E-state index in [0.29, 0.717) is 10.7 Å². The third-order valence-corrected chi connectivity index (χ3v) is 5.07. The summed E-state index contributed by atoms with van der Waals surface area (Å²) >= 11 is 5.96. The first kappa shape index (κ1) is 17.5. The zero-order chi connectivity index (χ0) is 17.0. The first-order chi connectivity index (χ1) is 10.8. The van der Waals surface area contributed by atoms with Gasteiger partial charge in [-0.3, -0.25) is 4.79 Å². The number of anilines is 1. The molecule has 23 heavy (non-hydrogen) atoms. The molecule has 0 aromatic heterocycles. The fraction of sp³-hybridized carbons (Fsp3) is 0.188. The summed E-state index contributed by atoms with van der Waals surface area (Å²) < 4.78 is 26.9.